The minimum absolute atomic E-state index is 0.00516. The van der Waals surface area contributed by atoms with E-state index < -0.39 is 11.9 Å². The average Bonchev–Trinajstić information content (AvgIpc) is 2.34. The molecule has 1 heterocycles. The van der Waals surface area contributed by atoms with Crippen LogP contribution < -0.4 is 4.90 Å². The van der Waals surface area contributed by atoms with E-state index in [1.165, 1.54) is 0 Å². The van der Waals surface area contributed by atoms with Gasteiger partial charge in [-0.1, -0.05) is 0 Å². The molecule has 0 amide bonds. The molecule has 0 aliphatic heterocycles. The summed E-state index contributed by atoms with van der Waals surface area (Å²) < 4.78 is 37.5. The van der Waals surface area contributed by atoms with Crippen LogP contribution in [0.15, 0.2) is 12.3 Å². The lowest BCUT2D eigenvalue weighted by Gasteiger charge is -2.22. The molecule has 0 aliphatic carbocycles. The molecule has 1 aromatic rings. The summed E-state index contributed by atoms with van der Waals surface area (Å²) >= 11 is 0. The van der Waals surface area contributed by atoms with E-state index in [9.17, 15) is 13.2 Å². The first-order valence-electron chi connectivity index (χ1n) is 5.43. The molecule has 1 atom stereocenters. The Morgan fingerprint density at radius 3 is 2.67 bits per heavy atom. The van der Waals surface area contributed by atoms with Gasteiger partial charge in [0.2, 0.25) is 5.95 Å². The number of rotatable bonds is 4. The number of anilines is 1. The van der Waals surface area contributed by atoms with Crippen LogP contribution in [0.1, 0.15) is 19.5 Å². The van der Waals surface area contributed by atoms with Crippen molar-refractivity contribution in [3.63, 3.8) is 0 Å². The molecule has 18 heavy (non-hydrogen) atoms. The Hall–Kier alpha value is -1.84. The van der Waals surface area contributed by atoms with Crippen LogP contribution in [-0.4, -0.2) is 23.1 Å². The van der Waals surface area contributed by atoms with Gasteiger partial charge in [-0.2, -0.15) is 18.4 Å². The van der Waals surface area contributed by atoms with Gasteiger partial charge in [0.05, 0.1) is 12.0 Å². The van der Waals surface area contributed by atoms with Crippen molar-refractivity contribution in [1.82, 2.24) is 9.97 Å². The maximum atomic E-state index is 12.5. The first-order valence-corrected chi connectivity index (χ1v) is 5.43. The van der Waals surface area contributed by atoms with E-state index in [0.717, 1.165) is 12.3 Å². The Morgan fingerprint density at radius 1 is 1.50 bits per heavy atom. The zero-order chi connectivity index (χ0) is 13.8. The van der Waals surface area contributed by atoms with Gasteiger partial charge < -0.3 is 4.90 Å². The summed E-state index contributed by atoms with van der Waals surface area (Å²) in [7, 11) is 0. The van der Waals surface area contributed by atoms with E-state index in [4.69, 9.17) is 5.26 Å². The molecule has 0 aliphatic rings. The highest BCUT2D eigenvalue weighted by molar-refractivity contribution is 5.31. The maximum Gasteiger partial charge on any atom is 0.433 e. The van der Waals surface area contributed by atoms with Gasteiger partial charge in [0.1, 0.15) is 5.69 Å². The van der Waals surface area contributed by atoms with Gasteiger partial charge >= 0.3 is 6.18 Å². The third-order valence-electron chi connectivity index (χ3n) is 2.31. The summed E-state index contributed by atoms with van der Waals surface area (Å²) in [5.41, 5.74) is -0.976. The molecule has 98 valence electrons. The molecule has 0 bridgehead atoms. The minimum Gasteiger partial charge on any atom is -0.340 e. The van der Waals surface area contributed by atoms with Gasteiger partial charge in [0.15, 0.2) is 0 Å². The van der Waals surface area contributed by atoms with Gasteiger partial charge in [-0.05, 0) is 19.9 Å². The van der Waals surface area contributed by atoms with Gasteiger partial charge in [-0.15, -0.1) is 0 Å². The zero-order valence-corrected chi connectivity index (χ0v) is 10.1. The Labute approximate surface area is 103 Å². The molecule has 0 aromatic carbocycles. The largest absolute Gasteiger partial charge is 0.433 e. The predicted molar refractivity (Wildman–Crippen MR) is 59.7 cm³/mol. The van der Waals surface area contributed by atoms with Crippen molar-refractivity contribution in [3.8, 4) is 6.07 Å². The average molecular weight is 258 g/mol. The number of hydrogen-bond acceptors (Lipinski definition) is 4. The van der Waals surface area contributed by atoms with Gasteiger partial charge in [-0.25, -0.2) is 9.97 Å². The van der Waals surface area contributed by atoms with Gasteiger partial charge in [-0.3, -0.25) is 0 Å². The fourth-order valence-corrected chi connectivity index (χ4v) is 1.38. The molecule has 0 fully saturated rings. The molecule has 1 rings (SSSR count). The monoisotopic (exact) mass is 258 g/mol. The number of halogens is 3. The molecule has 7 heteroatoms. The van der Waals surface area contributed by atoms with E-state index in [2.05, 4.69) is 9.97 Å². The van der Waals surface area contributed by atoms with Gasteiger partial charge in [0, 0.05) is 19.3 Å². The van der Waals surface area contributed by atoms with Crippen LogP contribution in [0.25, 0.3) is 0 Å². The van der Waals surface area contributed by atoms with Crippen molar-refractivity contribution < 1.29 is 13.2 Å². The molecule has 0 unspecified atom stereocenters. The molecule has 1 aromatic heterocycles. The molecular formula is C11H13F3N4. The third-order valence-corrected chi connectivity index (χ3v) is 2.31. The van der Waals surface area contributed by atoms with E-state index >= 15 is 0 Å². The summed E-state index contributed by atoms with van der Waals surface area (Å²) in [6.07, 6.45) is -3.41. The first kappa shape index (κ1) is 14.2. The van der Waals surface area contributed by atoms with E-state index in [-0.39, 0.29) is 11.9 Å². The number of hydrogen-bond donors (Lipinski definition) is 0. The summed E-state index contributed by atoms with van der Waals surface area (Å²) in [5, 5.41) is 8.71. The Balaban J connectivity index is 2.97. The zero-order valence-electron chi connectivity index (χ0n) is 10.1. The summed E-state index contributed by atoms with van der Waals surface area (Å²) in [6.45, 7) is 4.20. The van der Waals surface area contributed by atoms with Crippen molar-refractivity contribution in [2.45, 2.75) is 20.0 Å². The SMILES string of the molecule is CCN(C[C@H](C)C#N)c1nccc(C(F)(F)F)n1. The lowest BCUT2D eigenvalue weighted by atomic mass is 10.2. The fourth-order valence-electron chi connectivity index (χ4n) is 1.38. The standard InChI is InChI=1S/C11H13F3N4/c1-3-18(7-8(2)6-15)10-16-5-4-9(17-10)11(12,13)14/h4-5,8H,3,7H2,1-2H3/t8-/m1/s1. The van der Waals surface area contributed by atoms with Crippen LogP contribution in [0.2, 0.25) is 0 Å². The van der Waals surface area contributed by atoms with Crippen LogP contribution in [0.3, 0.4) is 0 Å². The molecule has 4 nitrogen and oxygen atoms in total. The number of nitrogens with zero attached hydrogens (tertiary/aromatic N) is 4. The topological polar surface area (TPSA) is 52.8 Å². The summed E-state index contributed by atoms with van der Waals surface area (Å²) in [6, 6.07) is 2.85. The van der Waals surface area contributed by atoms with Crippen molar-refractivity contribution in [3.05, 3.63) is 18.0 Å². The fraction of sp³-hybridized carbons (Fsp3) is 0.545. The molecule has 0 radical (unpaired) electrons. The summed E-state index contributed by atoms with van der Waals surface area (Å²) in [4.78, 5) is 8.84. The minimum atomic E-state index is -4.49. The smallest absolute Gasteiger partial charge is 0.340 e. The van der Waals surface area contributed by atoms with E-state index in [0.29, 0.717) is 13.1 Å². The van der Waals surface area contributed by atoms with Crippen molar-refractivity contribution >= 4 is 5.95 Å². The predicted octanol–water partition coefficient (Wildman–Crippen LogP) is 2.48. The second-order valence-corrected chi connectivity index (χ2v) is 3.81. The highest BCUT2D eigenvalue weighted by atomic mass is 19.4. The van der Waals surface area contributed by atoms with Gasteiger partial charge in [0.25, 0.3) is 0 Å². The Bertz CT molecular complexity index is 439. The molecule has 0 saturated heterocycles. The highest BCUT2D eigenvalue weighted by Crippen LogP contribution is 2.28. The van der Waals surface area contributed by atoms with Crippen molar-refractivity contribution in [2.24, 2.45) is 5.92 Å². The summed E-state index contributed by atoms with van der Waals surface area (Å²) in [5.74, 6) is -0.308. The van der Waals surface area contributed by atoms with Crippen LogP contribution in [0.4, 0.5) is 19.1 Å². The Kier molecular flexibility index (Phi) is 4.48. The highest BCUT2D eigenvalue weighted by Gasteiger charge is 2.33. The number of alkyl halides is 3. The van der Waals surface area contributed by atoms with E-state index in [1.807, 2.05) is 6.07 Å². The van der Waals surface area contributed by atoms with Crippen molar-refractivity contribution in [2.75, 3.05) is 18.0 Å². The third kappa shape index (κ3) is 3.58. The Morgan fingerprint density at radius 2 is 2.17 bits per heavy atom. The van der Waals surface area contributed by atoms with Crippen LogP contribution in [-0.2, 0) is 6.18 Å². The molecule has 0 N–H and O–H groups in total. The quantitative estimate of drug-likeness (QED) is 0.832. The lowest BCUT2D eigenvalue weighted by molar-refractivity contribution is -0.141. The van der Waals surface area contributed by atoms with Crippen molar-refractivity contribution in [1.29, 1.82) is 5.26 Å². The molecule has 0 saturated carbocycles. The van der Waals surface area contributed by atoms with Crippen LogP contribution in [0.5, 0.6) is 0 Å². The molecular weight excluding hydrogens is 245 g/mol. The normalized spacial score (nSPS) is 12.9. The first-order chi connectivity index (χ1) is 8.38. The number of aromatic nitrogens is 2. The molecule has 0 spiro atoms. The van der Waals surface area contributed by atoms with Crippen LogP contribution in [0, 0.1) is 17.2 Å². The maximum absolute atomic E-state index is 12.5. The second-order valence-electron chi connectivity index (χ2n) is 3.81. The second kappa shape index (κ2) is 5.67. The lowest BCUT2D eigenvalue weighted by Crippen LogP contribution is -2.30. The number of nitriles is 1. The van der Waals surface area contributed by atoms with Crippen LogP contribution >= 0.6 is 0 Å². The van der Waals surface area contributed by atoms with E-state index in [1.54, 1.807) is 18.7 Å².